The number of halogens is 1. The van der Waals surface area contributed by atoms with Gasteiger partial charge in [-0.2, -0.15) is 0 Å². The molecule has 1 aliphatic rings. The Morgan fingerprint density at radius 1 is 1.60 bits per heavy atom. The van der Waals surface area contributed by atoms with Crippen LogP contribution in [0.15, 0.2) is 6.33 Å². The molecule has 1 aliphatic carbocycles. The summed E-state index contributed by atoms with van der Waals surface area (Å²) in [5, 5.41) is 7.34. The number of hydrogen-bond acceptors (Lipinski definition) is 3. The molecule has 1 aromatic rings. The maximum absolute atomic E-state index is 5.47. The molecule has 0 spiro atoms. The number of nitrogens with two attached hydrogens (primary N) is 1. The number of hydrogen-bond donors (Lipinski definition) is 1. The van der Waals surface area contributed by atoms with Crippen molar-refractivity contribution in [2.75, 3.05) is 5.73 Å². The van der Waals surface area contributed by atoms with E-state index in [1.54, 1.807) is 6.33 Å². The minimum Gasteiger partial charge on any atom is -0.368 e. The lowest BCUT2D eigenvalue weighted by Crippen LogP contribution is -1.98. The van der Waals surface area contributed by atoms with Crippen molar-refractivity contribution in [3.8, 4) is 0 Å². The summed E-state index contributed by atoms with van der Waals surface area (Å²) in [4.78, 5) is 0. The summed E-state index contributed by atoms with van der Waals surface area (Å²) < 4.78 is 1.92. The van der Waals surface area contributed by atoms with E-state index in [1.165, 1.54) is 12.8 Å². The molecule has 0 amide bonds. The second-order valence-electron chi connectivity index (χ2n) is 2.33. The normalized spacial score (nSPS) is 16.4. The molecule has 0 atom stereocenters. The number of rotatable bonds is 1. The highest BCUT2D eigenvalue weighted by molar-refractivity contribution is 14.0. The smallest absolute Gasteiger partial charge is 0.222 e. The van der Waals surface area contributed by atoms with Crippen LogP contribution in [0.4, 0.5) is 5.95 Å². The molecule has 1 aromatic heterocycles. The average molecular weight is 252 g/mol. The van der Waals surface area contributed by atoms with E-state index >= 15 is 0 Å². The molecular formula is C5H9IN4. The number of nitrogens with zero attached hydrogens (tertiary/aromatic N) is 3. The van der Waals surface area contributed by atoms with E-state index < -0.39 is 0 Å². The van der Waals surface area contributed by atoms with Crippen molar-refractivity contribution in [2.24, 2.45) is 0 Å². The van der Waals surface area contributed by atoms with Crippen molar-refractivity contribution in [1.82, 2.24) is 14.8 Å². The molecule has 10 heavy (non-hydrogen) atoms. The molecule has 5 heteroatoms. The van der Waals surface area contributed by atoms with Gasteiger partial charge in [-0.05, 0) is 12.8 Å². The summed E-state index contributed by atoms with van der Waals surface area (Å²) in [7, 11) is 0. The quantitative estimate of drug-likeness (QED) is 0.752. The highest BCUT2D eigenvalue weighted by Gasteiger charge is 2.24. The van der Waals surface area contributed by atoms with Crippen LogP contribution >= 0.6 is 24.0 Å². The SMILES string of the molecule is I.Nc1nncn1C1CC1. The van der Waals surface area contributed by atoms with E-state index in [0.29, 0.717) is 12.0 Å². The summed E-state index contributed by atoms with van der Waals surface area (Å²) in [6.07, 6.45) is 4.14. The van der Waals surface area contributed by atoms with Crippen LogP contribution in [-0.2, 0) is 0 Å². The van der Waals surface area contributed by atoms with Crippen molar-refractivity contribution >= 4 is 29.9 Å². The van der Waals surface area contributed by atoms with Crippen LogP contribution in [-0.4, -0.2) is 14.8 Å². The van der Waals surface area contributed by atoms with E-state index in [2.05, 4.69) is 10.2 Å². The third kappa shape index (κ3) is 1.23. The summed E-state index contributed by atoms with van der Waals surface area (Å²) >= 11 is 0. The largest absolute Gasteiger partial charge is 0.368 e. The van der Waals surface area contributed by atoms with Crippen molar-refractivity contribution in [1.29, 1.82) is 0 Å². The molecular weight excluding hydrogens is 243 g/mol. The van der Waals surface area contributed by atoms with Gasteiger partial charge in [-0.15, -0.1) is 34.2 Å². The van der Waals surface area contributed by atoms with Crippen molar-refractivity contribution in [2.45, 2.75) is 18.9 Å². The molecule has 1 heterocycles. The molecule has 4 nitrogen and oxygen atoms in total. The van der Waals surface area contributed by atoms with Crippen LogP contribution in [0.3, 0.4) is 0 Å². The molecule has 56 valence electrons. The van der Waals surface area contributed by atoms with Crippen LogP contribution in [0, 0.1) is 0 Å². The minimum atomic E-state index is 0. The van der Waals surface area contributed by atoms with Gasteiger partial charge >= 0.3 is 0 Å². The van der Waals surface area contributed by atoms with Crippen LogP contribution < -0.4 is 5.73 Å². The Morgan fingerprint density at radius 3 is 2.70 bits per heavy atom. The first-order valence-corrected chi connectivity index (χ1v) is 3.03. The minimum absolute atomic E-state index is 0. The Morgan fingerprint density at radius 2 is 2.30 bits per heavy atom. The first-order chi connectivity index (χ1) is 4.38. The molecule has 0 aliphatic heterocycles. The van der Waals surface area contributed by atoms with Crippen molar-refractivity contribution in [3.63, 3.8) is 0 Å². The molecule has 1 fully saturated rings. The zero-order valence-electron chi connectivity index (χ0n) is 5.40. The van der Waals surface area contributed by atoms with Gasteiger partial charge in [0.2, 0.25) is 5.95 Å². The van der Waals surface area contributed by atoms with E-state index in [1.807, 2.05) is 4.57 Å². The fourth-order valence-corrected chi connectivity index (χ4v) is 0.885. The molecule has 0 saturated heterocycles. The van der Waals surface area contributed by atoms with Crippen LogP contribution in [0.5, 0.6) is 0 Å². The van der Waals surface area contributed by atoms with Gasteiger partial charge in [-0.25, -0.2) is 0 Å². The summed E-state index contributed by atoms with van der Waals surface area (Å²) in [6, 6.07) is 0.597. The molecule has 2 rings (SSSR count). The lowest BCUT2D eigenvalue weighted by atomic mass is 10.7. The second kappa shape index (κ2) is 2.73. The highest BCUT2D eigenvalue weighted by Crippen LogP contribution is 2.35. The third-order valence-corrected chi connectivity index (χ3v) is 1.54. The number of aromatic nitrogens is 3. The van der Waals surface area contributed by atoms with Gasteiger partial charge < -0.3 is 5.73 Å². The van der Waals surface area contributed by atoms with E-state index in [4.69, 9.17) is 5.73 Å². The van der Waals surface area contributed by atoms with Gasteiger partial charge in [0.1, 0.15) is 6.33 Å². The summed E-state index contributed by atoms with van der Waals surface area (Å²) in [6.45, 7) is 0. The lowest BCUT2D eigenvalue weighted by Gasteiger charge is -1.95. The first-order valence-electron chi connectivity index (χ1n) is 3.03. The van der Waals surface area contributed by atoms with E-state index in [9.17, 15) is 0 Å². The number of anilines is 1. The van der Waals surface area contributed by atoms with Gasteiger partial charge in [0, 0.05) is 6.04 Å². The van der Waals surface area contributed by atoms with E-state index in [-0.39, 0.29) is 24.0 Å². The number of nitrogen functional groups attached to an aromatic ring is 1. The van der Waals surface area contributed by atoms with Gasteiger partial charge in [-0.3, -0.25) is 4.57 Å². The maximum atomic E-state index is 5.47. The standard InChI is InChI=1S/C5H8N4.HI/c6-5-8-7-3-9(5)4-1-2-4;/h3-4H,1-2H2,(H2,6,8);1H. The molecule has 0 bridgehead atoms. The Hall–Kier alpha value is -0.330. The molecule has 2 N–H and O–H groups in total. The maximum Gasteiger partial charge on any atom is 0.222 e. The predicted octanol–water partition coefficient (Wildman–Crippen LogP) is 0.813. The zero-order chi connectivity index (χ0) is 6.27. The summed E-state index contributed by atoms with van der Waals surface area (Å²) in [5.41, 5.74) is 5.47. The molecule has 1 saturated carbocycles. The van der Waals surface area contributed by atoms with Crippen molar-refractivity contribution < 1.29 is 0 Å². The fraction of sp³-hybridized carbons (Fsp3) is 0.600. The fourth-order valence-electron chi connectivity index (χ4n) is 0.885. The first kappa shape index (κ1) is 7.77. The topological polar surface area (TPSA) is 56.7 Å². The average Bonchev–Trinajstić information content (AvgIpc) is 2.58. The Balaban J connectivity index is 0.000000500. The predicted molar refractivity (Wildman–Crippen MR) is 48.1 cm³/mol. The third-order valence-electron chi connectivity index (χ3n) is 1.54. The Bertz CT molecular complexity index is 217. The monoisotopic (exact) mass is 252 g/mol. The highest BCUT2D eigenvalue weighted by atomic mass is 127. The van der Waals surface area contributed by atoms with E-state index in [0.717, 1.165) is 0 Å². The van der Waals surface area contributed by atoms with Crippen molar-refractivity contribution in [3.05, 3.63) is 6.33 Å². The Labute approximate surface area is 75.8 Å². The summed E-state index contributed by atoms with van der Waals surface area (Å²) in [5.74, 6) is 0.539. The van der Waals surface area contributed by atoms with Gasteiger partial charge in [0.15, 0.2) is 0 Å². The lowest BCUT2D eigenvalue weighted by molar-refractivity contribution is 0.749. The van der Waals surface area contributed by atoms with Crippen LogP contribution in [0.1, 0.15) is 18.9 Å². The molecule has 0 radical (unpaired) electrons. The Kier molecular flexibility index (Phi) is 2.12. The molecule has 0 aromatic carbocycles. The van der Waals surface area contributed by atoms with Gasteiger partial charge in [0.25, 0.3) is 0 Å². The van der Waals surface area contributed by atoms with Crippen LogP contribution in [0.25, 0.3) is 0 Å². The van der Waals surface area contributed by atoms with Crippen LogP contribution in [0.2, 0.25) is 0 Å². The molecule has 0 unspecified atom stereocenters. The van der Waals surface area contributed by atoms with Gasteiger partial charge in [0.05, 0.1) is 0 Å². The van der Waals surface area contributed by atoms with Gasteiger partial charge in [-0.1, -0.05) is 0 Å². The second-order valence-corrected chi connectivity index (χ2v) is 2.33. The zero-order valence-corrected chi connectivity index (χ0v) is 7.73.